The number of aromatic nitrogens is 2. The van der Waals surface area contributed by atoms with Crippen LogP contribution in [0.25, 0.3) is 5.69 Å². The summed E-state index contributed by atoms with van der Waals surface area (Å²) in [5.41, 5.74) is 2.56. The van der Waals surface area contributed by atoms with Crippen LogP contribution in [-0.2, 0) is 11.2 Å². The van der Waals surface area contributed by atoms with Gasteiger partial charge in [0.25, 0.3) is 0 Å². The number of aryl methyl sites for hydroxylation is 1. The molecule has 0 aliphatic rings. The van der Waals surface area contributed by atoms with E-state index in [9.17, 15) is 4.79 Å². The van der Waals surface area contributed by atoms with Gasteiger partial charge in [-0.3, -0.25) is 4.79 Å². The van der Waals surface area contributed by atoms with Crippen LogP contribution in [0.2, 0.25) is 0 Å². The van der Waals surface area contributed by atoms with Gasteiger partial charge in [-0.25, -0.2) is 4.68 Å². The van der Waals surface area contributed by atoms with Crippen LogP contribution in [0.1, 0.15) is 17.7 Å². The summed E-state index contributed by atoms with van der Waals surface area (Å²) in [5, 5.41) is 13.1. The third-order valence-electron chi connectivity index (χ3n) is 3.33. The number of carboxylic acids is 1. The highest BCUT2D eigenvalue weighted by Gasteiger charge is 2.14. The van der Waals surface area contributed by atoms with E-state index in [0.717, 1.165) is 16.9 Å². The Bertz CT molecular complexity index is 649. The highest BCUT2D eigenvalue weighted by molar-refractivity contribution is 5.67. The first-order valence-electron chi connectivity index (χ1n) is 6.54. The van der Waals surface area contributed by atoms with Gasteiger partial charge >= 0.3 is 5.97 Å². The zero-order chi connectivity index (χ0) is 15.4. The van der Waals surface area contributed by atoms with Gasteiger partial charge in [0.05, 0.1) is 20.4 Å². The fourth-order valence-corrected chi connectivity index (χ4v) is 2.14. The van der Waals surface area contributed by atoms with E-state index in [0.29, 0.717) is 17.9 Å². The van der Waals surface area contributed by atoms with E-state index in [4.69, 9.17) is 14.6 Å². The van der Waals surface area contributed by atoms with Crippen molar-refractivity contribution < 1.29 is 19.4 Å². The summed E-state index contributed by atoms with van der Waals surface area (Å²) in [6.45, 7) is 1.91. The Kier molecular flexibility index (Phi) is 4.47. The summed E-state index contributed by atoms with van der Waals surface area (Å²) in [4.78, 5) is 10.7. The normalized spacial score (nSPS) is 10.4. The first kappa shape index (κ1) is 14.9. The number of benzene rings is 1. The molecule has 2 rings (SSSR count). The number of carbonyl (C=O) groups is 1. The Labute approximate surface area is 122 Å². The summed E-state index contributed by atoms with van der Waals surface area (Å²) in [5.74, 6) is 0.556. The minimum absolute atomic E-state index is 0.0851. The van der Waals surface area contributed by atoms with Crippen molar-refractivity contribution in [3.63, 3.8) is 0 Å². The maximum absolute atomic E-state index is 10.7. The SMILES string of the molecule is COc1ccc(OC)c(-n2ncc(CCC(=O)O)c2C)c1. The molecule has 0 spiro atoms. The van der Waals surface area contributed by atoms with Gasteiger partial charge in [0, 0.05) is 18.2 Å². The van der Waals surface area contributed by atoms with E-state index in [1.54, 1.807) is 25.1 Å². The van der Waals surface area contributed by atoms with Gasteiger partial charge in [-0.15, -0.1) is 0 Å². The molecule has 2 aromatic rings. The fraction of sp³-hybridized carbons (Fsp3) is 0.333. The summed E-state index contributed by atoms with van der Waals surface area (Å²) >= 11 is 0. The average molecular weight is 290 g/mol. The number of nitrogens with zero attached hydrogens (tertiary/aromatic N) is 2. The molecule has 112 valence electrons. The minimum Gasteiger partial charge on any atom is -0.497 e. The van der Waals surface area contributed by atoms with Crippen LogP contribution in [-0.4, -0.2) is 35.1 Å². The van der Waals surface area contributed by atoms with E-state index in [1.165, 1.54) is 0 Å². The van der Waals surface area contributed by atoms with Gasteiger partial charge in [0.15, 0.2) is 0 Å². The standard InChI is InChI=1S/C15H18N2O4/c1-10-11(4-7-15(18)19)9-16-17(10)13-8-12(20-2)5-6-14(13)21-3/h5-6,8-9H,4,7H2,1-3H3,(H,18,19). The smallest absolute Gasteiger partial charge is 0.303 e. The van der Waals surface area contributed by atoms with E-state index in [2.05, 4.69) is 5.10 Å². The topological polar surface area (TPSA) is 73.6 Å². The molecule has 0 atom stereocenters. The number of rotatable bonds is 6. The van der Waals surface area contributed by atoms with Gasteiger partial charge in [-0.1, -0.05) is 0 Å². The van der Waals surface area contributed by atoms with Crippen LogP contribution in [0.3, 0.4) is 0 Å². The van der Waals surface area contributed by atoms with Crippen LogP contribution < -0.4 is 9.47 Å². The van der Waals surface area contributed by atoms with Gasteiger partial charge in [-0.2, -0.15) is 5.10 Å². The Balaban J connectivity index is 2.40. The van der Waals surface area contributed by atoms with Crippen molar-refractivity contribution in [2.24, 2.45) is 0 Å². The molecule has 21 heavy (non-hydrogen) atoms. The Morgan fingerprint density at radius 1 is 1.33 bits per heavy atom. The van der Waals surface area contributed by atoms with Gasteiger partial charge in [-0.05, 0) is 31.0 Å². The molecule has 0 amide bonds. The van der Waals surface area contributed by atoms with Gasteiger partial charge < -0.3 is 14.6 Å². The number of aliphatic carboxylic acids is 1. The number of hydrogen-bond acceptors (Lipinski definition) is 4. The molecule has 0 saturated heterocycles. The molecule has 1 heterocycles. The maximum Gasteiger partial charge on any atom is 0.303 e. The quantitative estimate of drug-likeness (QED) is 0.883. The molecule has 0 fully saturated rings. The lowest BCUT2D eigenvalue weighted by molar-refractivity contribution is -0.136. The summed E-state index contributed by atoms with van der Waals surface area (Å²) < 4.78 is 12.3. The molecule has 0 saturated carbocycles. The van der Waals surface area contributed by atoms with Crippen molar-refractivity contribution in [2.45, 2.75) is 19.8 Å². The molecular formula is C15H18N2O4. The molecule has 0 unspecified atom stereocenters. The van der Waals surface area contributed by atoms with E-state index in [1.807, 2.05) is 25.1 Å². The highest BCUT2D eigenvalue weighted by Crippen LogP contribution is 2.28. The average Bonchev–Trinajstić information content (AvgIpc) is 2.85. The minimum atomic E-state index is -0.818. The molecule has 0 radical (unpaired) electrons. The van der Waals surface area contributed by atoms with Crippen LogP contribution in [0.4, 0.5) is 0 Å². The maximum atomic E-state index is 10.7. The van der Waals surface area contributed by atoms with Crippen molar-refractivity contribution in [1.29, 1.82) is 0 Å². The molecule has 0 aliphatic heterocycles. The third kappa shape index (κ3) is 3.16. The van der Waals surface area contributed by atoms with Crippen molar-refractivity contribution in [1.82, 2.24) is 9.78 Å². The summed E-state index contributed by atoms with van der Waals surface area (Å²) in [6.07, 6.45) is 2.23. The Morgan fingerprint density at radius 2 is 2.10 bits per heavy atom. The third-order valence-corrected chi connectivity index (χ3v) is 3.33. The van der Waals surface area contributed by atoms with Crippen LogP contribution in [0.15, 0.2) is 24.4 Å². The largest absolute Gasteiger partial charge is 0.497 e. The highest BCUT2D eigenvalue weighted by atomic mass is 16.5. The van der Waals surface area contributed by atoms with Crippen LogP contribution >= 0.6 is 0 Å². The van der Waals surface area contributed by atoms with Crippen molar-refractivity contribution in [3.05, 3.63) is 35.7 Å². The number of carboxylic acid groups (broad SMARTS) is 1. The zero-order valence-corrected chi connectivity index (χ0v) is 12.3. The van der Waals surface area contributed by atoms with E-state index in [-0.39, 0.29) is 6.42 Å². The molecule has 1 aromatic heterocycles. The second kappa shape index (κ2) is 6.30. The summed E-state index contributed by atoms with van der Waals surface area (Å²) in [7, 11) is 3.19. The fourth-order valence-electron chi connectivity index (χ4n) is 2.14. The molecule has 0 aliphatic carbocycles. The molecule has 1 N–H and O–H groups in total. The van der Waals surface area contributed by atoms with Gasteiger partial charge in [0.1, 0.15) is 17.2 Å². The first-order chi connectivity index (χ1) is 10.1. The van der Waals surface area contributed by atoms with Crippen LogP contribution in [0, 0.1) is 6.92 Å². The van der Waals surface area contributed by atoms with Crippen molar-refractivity contribution >= 4 is 5.97 Å². The molecule has 6 nitrogen and oxygen atoms in total. The zero-order valence-electron chi connectivity index (χ0n) is 12.3. The van der Waals surface area contributed by atoms with E-state index < -0.39 is 5.97 Å². The van der Waals surface area contributed by atoms with Crippen LogP contribution in [0.5, 0.6) is 11.5 Å². The molecular weight excluding hydrogens is 272 g/mol. The molecule has 0 bridgehead atoms. The number of methoxy groups -OCH3 is 2. The lowest BCUT2D eigenvalue weighted by Gasteiger charge is -2.12. The van der Waals surface area contributed by atoms with Crippen molar-refractivity contribution in [3.8, 4) is 17.2 Å². The number of ether oxygens (including phenoxy) is 2. The first-order valence-corrected chi connectivity index (χ1v) is 6.54. The second-order valence-corrected chi connectivity index (χ2v) is 4.60. The predicted octanol–water partition coefficient (Wildman–Crippen LogP) is 2.22. The Hall–Kier alpha value is -2.50. The second-order valence-electron chi connectivity index (χ2n) is 4.60. The monoisotopic (exact) mass is 290 g/mol. The lowest BCUT2D eigenvalue weighted by atomic mass is 10.1. The lowest BCUT2D eigenvalue weighted by Crippen LogP contribution is -2.03. The number of hydrogen-bond donors (Lipinski definition) is 1. The summed E-state index contributed by atoms with van der Waals surface area (Å²) in [6, 6.07) is 5.46. The van der Waals surface area contributed by atoms with E-state index >= 15 is 0 Å². The predicted molar refractivity (Wildman–Crippen MR) is 77.4 cm³/mol. The molecule has 6 heteroatoms. The van der Waals surface area contributed by atoms with Gasteiger partial charge in [0.2, 0.25) is 0 Å². The van der Waals surface area contributed by atoms with Crippen molar-refractivity contribution in [2.75, 3.05) is 14.2 Å². The molecule has 1 aromatic carbocycles. The Morgan fingerprint density at radius 3 is 2.71 bits per heavy atom.